The quantitative estimate of drug-likeness (QED) is 0.167. The van der Waals surface area contributed by atoms with Crippen molar-refractivity contribution in [2.45, 2.75) is 71.9 Å². The van der Waals surface area contributed by atoms with E-state index in [0.717, 1.165) is 79.8 Å². The maximum Gasteiger partial charge on any atom is 2.00 e. The number of aromatic nitrogens is 3. The summed E-state index contributed by atoms with van der Waals surface area (Å²) in [4.78, 5) is 9.92. The number of rotatable bonds is 4. The van der Waals surface area contributed by atoms with Crippen LogP contribution in [-0.2, 0) is 25.8 Å². The topological polar surface area (TPSA) is 44.3 Å². The van der Waals surface area contributed by atoms with Gasteiger partial charge in [0.2, 0.25) is 0 Å². The summed E-state index contributed by atoms with van der Waals surface area (Å²) < 4.78 is 11.0. The molecule has 236 valence electrons. The third kappa shape index (κ3) is 4.61. The molecule has 2 aliphatic rings. The average molecular weight is 796 g/mol. The summed E-state index contributed by atoms with van der Waals surface area (Å²) in [5, 5.41) is 4.74. The standard InChI is InChI=1S/C41H36N4O.Pt/c1-23(2)27-12-16-35-33(20-27)30-8-7-17-42-40(30)44(35)28-13-14-29-32-18-24(3)11-15-36(32)45(38(29)21-28)37-22-31(25(4)19-26(37)5)41-43-34-9-6-10-39(34)46-41;/h7-8,11-20,23,34,39H,6,9-10H2,1-5H3;/q-2;+2/t34-,39+;/m1./s1. The molecule has 1 aliphatic heterocycles. The number of aliphatic imine (C=N–C) groups is 1. The molecule has 2 atom stereocenters. The number of ether oxygens (including phenoxy) is 1. The summed E-state index contributed by atoms with van der Waals surface area (Å²) >= 11 is 0. The summed E-state index contributed by atoms with van der Waals surface area (Å²) in [6, 6.07) is 32.4. The number of pyridine rings is 1. The Balaban J connectivity index is 0.00000324. The Morgan fingerprint density at radius 1 is 0.809 bits per heavy atom. The molecule has 0 radical (unpaired) electrons. The van der Waals surface area contributed by atoms with Crippen molar-refractivity contribution in [2.24, 2.45) is 4.99 Å². The molecule has 7 aromatic rings. The molecule has 0 unspecified atom stereocenters. The zero-order chi connectivity index (χ0) is 31.3. The van der Waals surface area contributed by atoms with Crippen LogP contribution in [0.5, 0.6) is 0 Å². The van der Waals surface area contributed by atoms with Gasteiger partial charge in [-0.15, -0.1) is 40.8 Å². The molecule has 4 heterocycles. The van der Waals surface area contributed by atoms with Gasteiger partial charge in [-0.2, -0.15) is 6.07 Å². The maximum absolute atomic E-state index is 6.42. The molecule has 0 saturated heterocycles. The van der Waals surface area contributed by atoms with E-state index < -0.39 is 0 Å². The van der Waals surface area contributed by atoms with Gasteiger partial charge in [-0.1, -0.05) is 68.2 Å². The van der Waals surface area contributed by atoms with Crippen LogP contribution in [-0.4, -0.2) is 32.2 Å². The van der Waals surface area contributed by atoms with Crippen molar-refractivity contribution in [3.63, 3.8) is 0 Å². The fraction of sp³-hybridized carbons (Fsp3) is 0.268. The minimum atomic E-state index is 0. The Morgan fingerprint density at radius 3 is 2.45 bits per heavy atom. The molecule has 0 spiro atoms. The van der Waals surface area contributed by atoms with Crippen molar-refractivity contribution < 1.29 is 25.8 Å². The zero-order valence-electron chi connectivity index (χ0n) is 27.3. The van der Waals surface area contributed by atoms with Gasteiger partial charge in [-0.3, -0.25) is 4.99 Å². The zero-order valence-corrected chi connectivity index (χ0v) is 29.6. The maximum atomic E-state index is 6.42. The van der Waals surface area contributed by atoms with E-state index in [1.165, 1.54) is 28.3 Å². The van der Waals surface area contributed by atoms with Gasteiger partial charge in [-0.05, 0) is 79.1 Å². The van der Waals surface area contributed by atoms with Crippen LogP contribution >= 0.6 is 0 Å². The fourth-order valence-corrected chi connectivity index (χ4v) is 7.75. The van der Waals surface area contributed by atoms with E-state index in [1.807, 2.05) is 12.3 Å². The van der Waals surface area contributed by atoms with Crippen LogP contribution in [0.25, 0.3) is 55.1 Å². The number of fused-ring (bicyclic) bond motifs is 7. The van der Waals surface area contributed by atoms with Crippen LogP contribution in [0.1, 0.15) is 66.8 Å². The second-order valence-electron chi connectivity index (χ2n) is 13.6. The summed E-state index contributed by atoms with van der Waals surface area (Å²) in [7, 11) is 0. The van der Waals surface area contributed by atoms with Gasteiger partial charge in [0, 0.05) is 22.5 Å². The van der Waals surface area contributed by atoms with Gasteiger partial charge in [0.15, 0.2) is 0 Å². The van der Waals surface area contributed by atoms with Gasteiger partial charge in [0.25, 0.3) is 0 Å². The number of nitrogens with zero attached hydrogens (tertiary/aromatic N) is 4. The number of hydrogen-bond acceptors (Lipinski definition) is 3. The normalized spacial score (nSPS) is 17.5. The molecule has 0 amide bonds. The first-order valence-electron chi connectivity index (χ1n) is 16.5. The molecule has 6 heteroatoms. The van der Waals surface area contributed by atoms with Gasteiger partial charge in [-0.25, -0.2) is 4.98 Å². The van der Waals surface area contributed by atoms with E-state index in [-0.39, 0.29) is 33.2 Å². The molecule has 47 heavy (non-hydrogen) atoms. The molecular weight excluding hydrogens is 760 g/mol. The van der Waals surface area contributed by atoms with Crippen LogP contribution in [0.4, 0.5) is 0 Å². The molecule has 0 N–H and O–H groups in total. The third-order valence-electron chi connectivity index (χ3n) is 10.1. The minimum absolute atomic E-state index is 0. The molecular formula is C41H36N4OPt. The summed E-state index contributed by atoms with van der Waals surface area (Å²) in [5.41, 5.74) is 12.0. The number of aryl methyl sites for hydroxylation is 3. The molecule has 5 nitrogen and oxygen atoms in total. The Hall–Kier alpha value is -4.21. The Kier molecular flexibility index (Phi) is 7.18. The monoisotopic (exact) mass is 795 g/mol. The molecule has 3 aromatic heterocycles. The van der Waals surface area contributed by atoms with Crippen LogP contribution in [0.15, 0.2) is 77.9 Å². The molecule has 0 bridgehead atoms. The Labute approximate surface area is 289 Å². The average Bonchev–Trinajstić information content (AvgIpc) is 3.80. The van der Waals surface area contributed by atoms with E-state index in [0.29, 0.717) is 5.92 Å². The molecule has 1 fully saturated rings. The third-order valence-corrected chi connectivity index (χ3v) is 10.1. The second-order valence-corrected chi connectivity index (χ2v) is 13.6. The predicted molar refractivity (Wildman–Crippen MR) is 188 cm³/mol. The van der Waals surface area contributed by atoms with Gasteiger partial charge < -0.3 is 13.9 Å². The van der Waals surface area contributed by atoms with Crippen LogP contribution in [0.2, 0.25) is 0 Å². The van der Waals surface area contributed by atoms with Crippen molar-refractivity contribution in [3.05, 3.63) is 113 Å². The Bertz CT molecular complexity index is 2410. The summed E-state index contributed by atoms with van der Waals surface area (Å²) in [5.74, 6) is 1.19. The SMILES string of the molecule is Cc1ccc2c(c1)c1ccc(-n3c4ccc(C(C)C)cc4c4cccnc43)[c-]c1n2-c1[c-]c(C2=N[C@@H]3CCC[C@@H]3O2)c(C)cc1C.[Pt+2]. The fourth-order valence-electron chi connectivity index (χ4n) is 7.75. The first kappa shape index (κ1) is 30.1. The van der Waals surface area contributed by atoms with Crippen LogP contribution in [0.3, 0.4) is 0 Å². The molecule has 9 rings (SSSR count). The molecule has 1 aliphatic carbocycles. The molecule has 1 saturated carbocycles. The predicted octanol–water partition coefficient (Wildman–Crippen LogP) is 9.62. The van der Waals surface area contributed by atoms with Gasteiger partial charge in [0.05, 0.1) is 11.6 Å². The first-order valence-corrected chi connectivity index (χ1v) is 16.5. The van der Waals surface area contributed by atoms with E-state index in [2.05, 4.69) is 117 Å². The Morgan fingerprint density at radius 2 is 1.62 bits per heavy atom. The summed E-state index contributed by atoms with van der Waals surface area (Å²) in [6.45, 7) is 11.0. The largest absolute Gasteiger partial charge is 2.00 e. The minimum Gasteiger partial charge on any atom is -0.515 e. The van der Waals surface area contributed by atoms with Crippen molar-refractivity contribution >= 4 is 49.6 Å². The first-order chi connectivity index (χ1) is 22.4. The van der Waals surface area contributed by atoms with E-state index in [9.17, 15) is 0 Å². The van der Waals surface area contributed by atoms with Crippen molar-refractivity contribution in [1.82, 2.24) is 14.1 Å². The second kappa shape index (κ2) is 11.2. The van der Waals surface area contributed by atoms with Crippen LogP contribution < -0.4 is 0 Å². The molecule has 4 aromatic carbocycles. The van der Waals surface area contributed by atoms with Gasteiger partial charge in [0.1, 0.15) is 17.6 Å². The van der Waals surface area contributed by atoms with E-state index in [4.69, 9.17) is 14.7 Å². The smallest absolute Gasteiger partial charge is 0.515 e. The van der Waals surface area contributed by atoms with E-state index in [1.54, 1.807) is 0 Å². The summed E-state index contributed by atoms with van der Waals surface area (Å²) in [6.07, 6.45) is 5.46. The van der Waals surface area contributed by atoms with E-state index >= 15 is 0 Å². The van der Waals surface area contributed by atoms with Crippen molar-refractivity contribution in [2.75, 3.05) is 0 Å². The van der Waals surface area contributed by atoms with Crippen molar-refractivity contribution in [3.8, 4) is 11.4 Å². The number of hydrogen-bond donors (Lipinski definition) is 0. The number of benzene rings is 4. The van der Waals surface area contributed by atoms with Crippen LogP contribution in [0, 0.1) is 32.9 Å². The van der Waals surface area contributed by atoms with Crippen molar-refractivity contribution in [1.29, 1.82) is 0 Å². The van der Waals surface area contributed by atoms with Gasteiger partial charge >= 0.3 is 21.1 Å².